The second-order valence-corrected chi connectivity index (χ2v) is 11.3. The number of nitrogens with zero attached hydrogens (tertiary/aromatic N) is 1. The van der Waals surface area contributed by atoms with Gasteiger partial charge in [-0.25, -0.2) is 13.1 Å². The fourth-order valence-corrected chi connectivity index (χ4v) is 5.65. The van der Waals surface area contributed by atoms with Crippen molar-refractivity contribution in [3.05, 3.63) is 0 Å². The molecule has 3 fully saturated rings. The molecule has 1 N–H and O–H groups in total. The molecule has 0 radical (unpaired) electrons. The SMILES string of the molecule is CC(C)C1CCC(OC[C@H]2[C@@H](NS(C)(=O)=O)CCCN2C(=O)CC2CC2)CC1. The Morgan fingerprint density at radius 3 is 2.36 bits per heavy atom. The number of amides is 1. The maximum Gasteiger partial charge on any atom is 0.223 e. The molecule has 28 heavy (non-hydrogen) atoms. The van der Waals surface area contributed by atoms with Gasteiger partial charge in [0.15, 0.2) is 0 Å². The van der Waals surface area contributed by atoms with Crippen LogP contribution in [0.1, 0.15) is 71.6 Å². The molecule has 2 saturated carbocycles. The maximum atomic E-state index is 12.8. The van der Waals surface area contributed by atoms with Gasteiger partial charge in [0, 0.05) is 19.0 Å². The van der Waals surface area contributed by atoms with E-state index in [9.17, 15) is 13.2 Å². The predicted octanol–water partition coefficient (Wildman–Crippen LogP) is 2.93. The Labute approximate surface area is 170 Å². The fraction of sp³-hybridized carbons (Fsp3) is 0.952. The largest absolute Gasteiger partial charge is 0.376 e. The van der Waals surface area contributed by atoms with Crippen LogP contribution in [0.5, 0.6) is 0 Å². The molecule has 3 aliphatic rings. The Kier molecular flexibility index (Phi) is 7.42. The number of sulfonamides is 1. The van der Waals surface area contributed by atoms with Crippen LogP contribution in [0.3, 0.4) is 0 Å². The number of nitrogens with one attached hydrogen (secondary N) is 1. The highest BCUT2D eigenvalue weighted by molar-refractivity contribution is 7.88. The summed E-state index contributed by atoms with van der Waals surface area (Å²) in [5.74, 6) is 2.20. The Balaban J connectivity index is 1.61. The van der Waals surface area contributed by atoms with Crippen LogP contribution in [0.15, 0.2) is 0 Å². The lowest BCUT2D eigenvalue weighted by molar-refractivity contribution is -0.139. The predicted molar refractivity (Wildman–Crippen MR) is 110 cm³/mol. The molecule has 0 aromatic heterocycles. The molecule has 1 amide bonds. The highest BCUT2D eigenvalue weighted by Crippen LogP contribution is 2.34. The van der Waals surface area contributed by atoms with Gasteiger partial charge < -0.3 is 9.64 Å². The molecular weight excluding hydrogens is 376 g/mol. The summed E-state index contributed by atoms with van der Waals surface area (Å²) >= 11 is 0. The molecule has 1 saturated heterocycles. The zero-order valence-corrected chi connectivity index (χ0v) is 18.5. The first-order chi connectivity index (χ1) is 13.2. The van der Waals surface area contributed by atoms with Crippen molar-refractivity contribution in [1.82, 2.24) is 9.62 Å². The topological polar surface area (TPSA) is 75.7 Å². The van der Waals surface area contributed by atoms with Gasteiger partial charge >= 0.3 is 0 Å². The number of ether oxygens (including phenoxy) is 1. The molecule has 0 aromatic rings. The van der Waals surface area contributed by atoms with Crippen LogP contribution < -0.4 is 4.72 Å². The zero-order valence-electron chi connectivity index (χ0n) is 17.7. The van der Waals surface area contributed by atoms with Gasteiger partial charge in [0.25, 0.3) is 0 Å². The molecule has 162 valence electrons. The van der Waals surface area contributed by atoms with Crippen molar-refractivity contribution in [2.45, 2.75) is 89.8 Å². The molecule has 7 heteroatoms. The van der Waals surface area contributed by atoms with Crippen molar-refractivity contribution in [1.29, 1.82) is 0 Å². The van der Waals surface area contributed by atoms with Gasteiger partial charge in [-0.1, -0.05) is 13.8 Å². The summed E-state index contributed by atoms with van der Waals surface area (Å²) in [6.07, 6.45) is 10.4. The molecule has 0 unspecified atom stereocenters. The second-order valence-electron chi connectivity index (χ2n) is 9.55. The van der Waals surface area contributed by atoms with Crippen LogP contribution >= 0.6 is 0 Å². The van der Waals surface area contributed by atoms with Crippen LogP contribution in [0, 0.1) is 17.8 Å². The average Bonchev–Trinajstić information content (AvgIpc) is 3.43. The van der Waals surface area contributed by atoms with Crippen molar-refractivity contribution in [3.8, 4) is 0 Å². The minimum absolute atomic E-state index is 0.166. The van der Waals surface area contributed by atoms with Crippen LogP contribution in [-0.4, -0.2) is 56.8 Å². The van der Waals surface area contributed by atoms with E-state index in [-0.39, 0.29) is 24.1 Å². The van der Waals surface area contributed by atoms with Gasteiger partial charge in [0.05, 0.1) is 25.0 Å². The lowest BCUT2D eigenvalue weighted by Crippen LogP contribution is -2.59. The first-order valence-electron chi connectivity index (χ1n) is 11.1. The van der Waals surface area contributed by atoms with Crippen LogP contribution in [0.2, 0.25) is 0 Å². The number of carbonyl (C=O) groups excluding carboxylic acids is 1. The molecule has 6 nitrogen and oxygen atoms in total. The van der Waals surface area contributed by atoms with E-state index in [1.54, 1.807) is 0 Å². The maximum absolute atomic E-state index is 12.8. The smallest absolute Gasteiger partial charge is 0.223 e. The molecule has 0 aromatic carbocycles. The van der Waals surface area contributed by atoms with E-state index in [0.29, 0.717) is 25.5 Å². The van der Waals surface area contributed by atoms with Crippen molar-refractivity contribution < 1.29 is 17.9 Å². The molecule has 1 heterocycles. The van der Waals surface area contributed by atoms with Gasteiger partial charge in [-0.3, -0.25) is 4.79 Å². The van der Waals surface area contributed by atoms with Crippen LogP contribution in [0.4, 0.5) is 0 Å². The van der Waals surface area contributed by atoms with Gasteiger partial charge in [-0.15, -0.1) is 0 Å². The lowest BCUT2D eigenvalue weighted by Gasteiger charge is -2.42. The minimum atomic E-state index is -3.32. The number of rotatable bonds is 8. The van der Waals surface area contributed by atoms with E-state index in [4.69, 9.17) is 4.74 Å². The van der Waals surface area contributed by atoms with E-state index in [1.165, 1.54) is 19.1 Å². The molecular formula is C21H38N2O4S. The summed E-state index contributed by atoms with van der Waals surface area (Å²) < 4.78 is 32.8. The summed E-state index contributed by atoms with van der Waals surface area (Å²) in [5.41, 5.74) is 0. The number of hydrogen-bond acceptors (Lipinski definition) is 4. The highest BCUT2D eigenvalue weighted by atomic mass is 32.2. The third-order valence-electron chi connectivity index (χ3n) is 6.79. The first kappa shape index (κ1) is 22.0. The van der Waals surface area contributed by atoms with E-state index in [0.717, 1.165) is 50.4 Å². The lowest BCUT2D eigenvalue weighted by atomic mass is 9.80. The number of carbonyl (C=O) groups is 1. The Bertz CT molecular complexity index is 624. The zero-order chi connectivity index (χ0) is 20.3. The van der Waals surface area contributed by atoms with E-state index in [2.05, 4.69) is 18.6 Å². The molecule has 3 rings (SSSR count). The normalized spacial score (nSPS) is 31.9. The summed E-state index contributed by atoms with van der Waals surface area (Å²) in [5, 5.41) is 0. The highest BCUT2D eigenvalue weighted by Gasteiger charge is 2.38. The quantitative estimate of drug-likeness (QED) is 0.663. The Morgan fingerprint density at radius 2 is 1.79 bits per heavy atom. The summed E-state index contributed by atoms with van der Waals surface area (Å²) in [6.45, 7) is 5.72. The first-order valence-corrected chi connectivity index (χ1v) is 13.0. The van der Waals surface area contributed by atoms with Gasteiger partial charge in [-0.2, -0.15) is 0 Å². The summed E-state index contributed by atoms with van der Waals surface area (Å²) in [7, 11) is -3.32. The Hall–Kier alpha value is -0.660. The van der Waals surface area contributed by atoms with Gasteiger partial charge in [0.2, 0.25) is 15.9 Å². The average molecular weight is 415 g/mol. The van der Waals surface area contributed by atoms with Gasteiger partial charge in [0.1, 0.15) is 0 Å². The van der Waals surface area contributed by atoms with E-state index < -0.39 is 10.0 Å². The third kappa shape index (κ3) is 6.42. The summed E-state index contributed by atoms with van der Waals surface area (Å²) in [6, 6.07) is -0.448. The molecule has 2 atom stereocenters. The molecule has 2 aliphatic carbocycles. The minimum Gasteiger partial charge on any atom is -0.376 e. The van der Waals surface area contributed by atoms with Crippen molar-refractivity contribution in [2.24, 2.45) is 17.8 Å². The van der Waals surface area contributed by atoms with Crippen LogP contribution in [0.25, 0.3) is 0 Å². The number of likely N-dealkylation sites (tertiary alicyclic amines) is 1. The standard InChI is InChI=1S/C21H38N2O4S/c1-15(2)17-8-10-18(11-9-17)27-14-20-19(22-28(3,25)26)5-4-12-23(20)21(24)13-16-6-7-16/h15-20,22H,4-14H2,1-3H3/t17?,18?,19-,20-/m0/s1. The molecule has 0 bridgehead atoms. The Morgan fingerprint density at radius 1 is 1.11 bits per heavy atom. The number of piperidine rings is 1. The fourth-order valence-electron chi connectivity index (χ4n) is 4.83. The molecule has 1 aliphatic heterocycles. The number of hydrogen-bond donors (Lipinski definition) is 1. The van der Waals surface area contributed by atoms with E-state index in [1.807, 2.05) is 4.90 Å². The second kappa shape index (κ2) is 9.43. The van der Waals surface area contributed by atoms with Crippen molar-refractivity contribution in [2.75, 3.05) is 19.4 Å². The third-order valence-corrected chi connectivity index (χ3v) is 7.52. The molecule has 0 spiro atoms. The van der Waals surface area contributed by atoms with Crippen molar-refractivity contribution >= 4 is 15.9 Å². The summed E-state index contributed by atoms with van der Waals surface area (Å²) in [4.78, 5) is 14.7. The van der Waals surface area contributed by atoms with Gasteiger partial charge in [-0.05, 0) is 69.1 Å². The monoisotopic (exact) mass is 414 g/mol. The van der Waals surface area contributed by atoms with Crippen molar-refractivity contribution in [3.63, 3.8) is 0 Å². The van der Waals surface area contributed by atoms with Crippen LogP contribution in [-0.2, 0) is 19.6 Å². The van der Waals surface area contributed by atoms with E-state index >= 15 is 0 Å².